The Morgan fingerprint density at radius 3 is 1.86 bits per heavy atom. The minimum Gasteiger partial charge on any atom is -0.317 e. The second-order valence-electron chi connectivity index (χ2n) is 7.66. The van der Waals surface area contributed by atoms with E-state index in [1.54, 1.807) is 0 Å². The maximum Gasteiger partial charge on any atom is 0.416 e. The zero-order valence-corrected chi connectivity index (χ0v) is 15.8. The van der Waals surface area contributed by atoms with Crippen molar-refractivity contribution in [2.75, 3.05) is 13.1 Å². The van der Waals surface area contributed by atoms with Crippen molar-refractivity contribution in [1.29, 1.82) is 0 Å². The molecule has 7 heteroatoms. The molecule has 29 heavy (non-hydrogen) atoms. The van der Waals surface area contributed by atoms with Gasteiger partial charge in [0.05, 0.1) is 11.1 Å². The van der Waals surface area contributed by atoms with Crippen molar-refractivity contribution >= 4 is 0 Å². The molecule has 0 bridgehead atoms. The second kappa shape index (κ2) is 8.38. The molecule has 0 atom stereocenters. The summed E-state index contributed by atoms with van der Waals surface area (Å²) < 4.78 is 78.3. The third-order valence-electron chi connectivity index (χ3n) is 5.72. The molecule has 158 valence electrons. The van der Waals surface area contributed by atoms with Crippen molar-refractivity contribution in [3.05, 3.63) is 70.8 Å². The van der Waals surface area contributed by atoms with Crippen molar-refractivity contribution in [2.24, 2.45) is 0 Å². The van der Waals surface area contributed by atoms with Crippen LogP contribution in [0.15, 0.2) is 48.5 Å². The summed E-state index contributed by atoms with van der Waals surface area (Å²) in [4.78, 5) is 0. The smallest absolute Gasteiger partial charge is 0.317 e. The van der Waals surface area contributed by atoms with Crippen LogP contribution < -0.4 is 5.32 Å². The lowest BCUT2D eigenvalue weighted by Gasteiger charge is -2.38. The summed E-state index contributed by atoms with van der Waals surface area (Å²) in [6.45, 7) is 1.69. The van der Waals surface area contributed by atoms with E-state index in [-0.39, 0.29) is 23.5 Å². The average molecular weight is 415 g/mol. The summed E-state index contributed by atoms with van der Waals surface area (Å²) in [5, 5.41) is 3.32. The highest BCUT2D eigenvalue weighted by atomic mass is 19.4. The molecule has 2 aromatic rings. The highest BCUT2D eigenvalue weighted by molar-refractivity contribution is 5.34. The molecule has 0 spiro atoms. The molecule has 1 fully saturated rings. The summed E-state index contributed by atoms with van der Waals surface area (Å²) in [5.41, 5.74) is -1.34. The summed E-state index contributed by atoms with van der Waals surface area (Å²) in [5.74, 6) is 0. The molecule has 1 nitrogen and oxygen atoms in total. The fourth-order valence-electron chi connectivity index (χ4n) is 4.17. The van der Waals surface area contributed by atoms with Crippen LogP contribution in [0.5, 0.6) is 0 Å². The van der Waals surface area contributed by atoms with E-state index in [2.05, 4.69) is 17.4 Å². The van der Waals surface area contributed by atoms with E-state index in [0.717, 1.165) is 44.5 Å². The van der Waals surface area contributed by atoms with Crippen molar-refractivity contribution in [1.82, 2.24) is 5.32 Å². The van der Waals surface area contributed by atoms with Gasteiger partial charge in [0.25, 0.3) is 0 Å². The van der Waals surface area contributed by atoms with Crippen LogP contribution in [0, 0.1) is 0 Å². The topological polar surface area (TPSA) is 12.0 Å². The van der Waals surface area contributed by atoms with Crippen LogP contribution in [0.25, 0.3) is 0 Å². The van der Waals surface area contributed by atoms with Crippen molar-refractivity contribution in [3.8, 4) is 0 Å². The normalized spacial score (nSPS) is 17.3. The molecular formula is C22H23F6N. The Morgan fingerprint density at radius 2 is 1.34 bits per heavy atom. The lowest BCUT2D eigenvalue weighted by molar-refractivity contribution is -0.143. The minimum atomic E-state index is -4.81. The fourth-order valence-corrected chi connectivity index (χ4v) is 4.17. The van der Waals surface area contributed by atoms with E-state index in [9.17, 15) is 26.3 Å². The summed E-state index contributed by atoms with van der Waals surface area (Å²) >= 11 is 0. The monoisotopic (exact) mass is 415 g/mol. The average Bonchev–Trinajstić information content (AvgIpc) is 2.68. The predicted octanol–water partition coefficient (Wildman–Crippen LogP) is 6.37. The summed E-state index contributed by atoms with van der Waals surface area (Å²) in [7, 11) is 0. The summed E-state index contributed by atoms with van der Waals surface area (Å²) in [6, 6.07) is 11.8. The van der Waals surface area contributed by atoms with Crippen LogP contribution >= 0.6 is 0 Å². The van der Waals surface area contributed by atoms with Gasteiger partial charge < -0.3 is 5.32 Å². The van der Waals surface area contributed by atoms with E-state index in [1.807, 2.05) is 18.2 Å². The molecular weight excluding hydrogens is 392 g/mol. The zero-order valence-electron chi connectivity index (χ0n) is 15.8. The molecule has 1 aliphatic heterocycles. The number of piperidine rings is 1. The van der Waals surface area contributed by atoms with Gasteiger partial charge in [-0.2, -0.15) is 26.3 Å². The van der Waals surface area contributed by atoms with Gasteiger partial charge >= 0.3 is 12.4 Å². The third kappa shape index (κ3) is 5.32. The van der Waals surface area contributed by atoms with Gasteiger partial charge in [-0.1, -0.05) is 30.3 Å². The van der Waals surface area contributed by atoms with Gasteiger partial charge in [0, 0.05) is 0 Å². The molecule has 3 rings (SSSR count). The van der Waals surface area contributed by atoms with Gasteiger partial charge in [0.15, 0.2) is 0 Å². The lowest BCUT2D eigenvalue weighted by atomic mass is 9.70. The molecule has 2 aromatic carbocycles. The quantitative estimate of drug-likeness (QED) is 0.560. The first-order valence-corrected chi connectivity index (χ1v) is 9.65. The molecule has 0 amide bonds. The maximum atomic E-state index is 13.1. The van der Waals surface area contributed by atoms with Gasteiger partial charge in [-0.25, -0.2) is 0 Å². The first-order chi connectivity index (χ1) is 13.6. The Morgan fingerprint density at radius 1 is 0.793 bits per heavy atom. The van der Waals surface area contributed by atoms with Crippen LogP contribution in [0.2, 0.25) is 0 Å². The fraction of sp³-hybridized carbons (Fsp3) is 0.455. The standard InChI is InChI=1S/C22H23F6N/c23-21(24,25)18-13-16(14-19(15-18)22(26,27)28)5-4-8-20(9-11-29-12-10-20)17-6-2-1-3-7-17/h1-3,6-7,13-15,29H,4-5,8-12H2. The van der Waals surface area contributed by atoms with Crippen molar-refractivity contribution in [2.45, 2.75) is 49.9 Å². The van der Waals surface area contributed by atoms with Gasteiger partial charge in [-0.15, -0.1) is 0 Å². The number of rotatable bonds is 5. The predicted molar refractivity (Wildman–Crippen MR) is 99.6 cm³/mol. The number of hydrogen-bond acceptors (Lipinski definition) is 1. The minimum absolute atomic E-state index is 0.0734. The van der Waals surface area contributed by atoms with Crippen LogP contribution in [0.4, 0.5) is 26.3 Å². The first-order valence-electron chi connectivity index (χ1n) is 9.65. The van der Waals surface area contributed by atoms with Crippen molar-refractivity contribution < 1.29 is 26.3 Å². The molecule has 0 aliphatic carbocycles. The Labute approximate surface area is 166 Å². The van der Waals surface area contributed by atoms with E-state index >= 15 is 0 Å². The van der Waals surface area contributed by atoms with E-state index in [1.165, 1.54) is 5.56 Å². The molecule has 1 N–H and O–H groups in total. The van der Waals surface area contributed by atoms with Gasteiger partial charge in [-0.05, 0) is 79.9 Å². The highest BCUT2D eigenvalue weighted by Crippen LogP contribution is 2.39. The highest BCUT2D eigenvalue weighted by Gasteiger charge is 2.37. The van der Waals surface area contributed by atoms with Gasteiger partial charge in [0.1, 0.15) is 0 Å². The molecule has 0 radical (unpaired) electrons. The Bertz CT molecular complexity index is 772. The number of nitrogens with one attached hydrogen (secondary N) is 1. The van der Waals surface area contributed by atoms with Crippen LogP contribution in [0.3, 0.4) is 0 Å². The number of halogens is 6. The number of hydrogen-bond donors (Lipinski definition) is 1. The van der Waals surface area contributed by atoms with Crippen LogP contribution in [0.1, 0.15) is 47.9 Å². The number of alkyl halides is 6. The Balaban J connectivity index is 1.79. The first kappa shape index (κ1) is 21.7. The van der Waals surface area contributed by atoms with Crippen LogP contribution in [-0.4, -0.2) is 13.1 Å². The molecule has 0 saturated carbocycles. The van der Waals surface area contributed by atoms with Gasteiger partial charge in [-0.3, -0.25) is 0 Å². The number of benzene rings is 2. The largest absolute Gasteiger partial charge is 0.416 e. The molecule has 1 aliphatic rings. The second-order valence-corrected chi connectivity index (χ2v) is 7.66. The van der Waals surface area contributed by atoms with E-state index in [0.29, 0.717) is 6.42 Å². The van der Waals surface area contributed by atoms with Gasteiger partial charge in [0.2, 0.25) is 0 Å². The number of aryl methyl sites for hydroxylation is 1. The molecule has 0 aromatic heterocycles. The van der Waals surface area contributed by atoms with E-state index in [4.69, 9.17) is 0 Å². The Hall–Kier alpha value is -2.02. The summed E-state index contributed by atoms with van der Waals surface area (Å²) in [6.07, 6.45) is -6.41. The van der Waals surface area contributed by atoms with E-state index < -0.39 is 23.5 Å². The Kier molecular flexibility index (Phi) is 6.27. The lowest BCUT2D eigenvalue weighted by Crippen LogP contribution is -2.40. The molecule has 1 heterocycles. The molecule has 0 unspecified atom stereocenters. The third-order valence-corrected chi connectivity index (χ3v) is 5.72. The molecule has 1 saturated heterocycles. The SMILES string of the molecule is FC(F)(F)c1cc(CCCC2(c3ccccc3)CCNCC2)cc(C(F)(F)F)c1. The van der Waals surface area contributed by atoms with Crippen LogP contribution in [-0.2, 0) is 24.2 Å². The maximum absolute atomic E-state index is 13.1. The zero-order chi connectivity index (χ0) is 21.1. The van der Waals surface area contributed by atoms with Crippen molar-refractivity contribution in [3.63, 3.8) is 0 Å².